The molecule has 1 unspecified atom stereocenters. The van der Waals surface area contributed by atoms with E-state index in [0.29, 0.717) is 6.04 Å². The van der Waals surface area contributed by atoms with E-state index in [1.165, 1.54) is 36.0 Å². The lowest BCUT2D eigenvalue weighted by atomic mass is 9.98. The topological polar surface area (TPSA) is 38.0 Å². The molecule has 0 amide bonds. The van der Waals surface area contributed by atoms with Crippen LogP contribution in [0, 0.1) is 19.8 Å². The number of nitrogens with one attached hydrogen (secondary N) is 1. The van der Waals surface area contributed by atoms with E-state index in [0.717, 1.165) is 5.92 Å². The Labute approximate surface area is 91.8 Å². The Morgan fingerprint density at radius 1 is 1.33 bits per heavy atom. The maximum atomic E-state index is 5.62. The van der Waals surface area contributed by atoms with E-state index >= 15 is 0 Å². The predicted molar refractivity (Wildman–Crippen MR) is 63.3 cm³/mol. The molecule has 0 aromatic heterocycles. The van der Waals surface area contributed by atoms with E-state index in [2.05, 4.69) is 37.5 Å². The van der Waals surface area contributed by atoms with Gasteiger partial charge < -0.3 is 0 Å². The van der Waals surface area contributed by atoms with Gasteiger partial charge in [-0.05, 0) is 42.9 Å². The molecule has 1 aliphatic rings. The van der Waals surface area contributed by atoms with Gasteiger partial charge in [-0.15, -0.1) is 0 Å². The van der Waals surface area contributed by atoms with Crippen LogP contribution in [0.25, 0.3) is 0 Å². The zero-order valence-electron chi connectivity index (χ0n) is 9.59. The molecule has 0 heterocycles. The summed E-state index contributed by atoms with van der Waals surface area (Å²) < 4.78 is 0. The van der Waals surface area contributed by atoms with Gasteiger partial charge in [-0.1, -0.05) is 31.0 Å². The molecule has 2 nitrogen and oxygen atoms in total. The number of rotatable bonds is 4. The van der Waals surface area contributed by atoms with Crippen LogP contribution in [0.1, 0.15) is 42.0 Å². The summed E-state index contributed by atoms with van der Waals surface area (Å²) >= 11 is 0. The van der Waals surface area contributed by atoms with Crippen LogP contribution in [0.5, 0.6) is 0 Å². The van der Waals surface area contributed by atoms with Gasteiger partial charge in [0.05, 0.1) is 0 Å². The molecule has 0 saturated heterocycles. The Kier molecular flexibility index (Phi) is 3.08. The van der Waals surface area contributed by atoms with E-state index in [9.17, 15) is 0 Å². The molecule has 1 fully saturated rings. The molecule has 0 aliphatic heterocycles. The molecule has 0 radical (unpaired) electrons. The zero-order chi connectivity index (χ0) is 10.8. The normalized spacial score (nSPS) is 17.8. The van der Waals surface area contributed by atoms with E-state index in [4.69, 9.17) is 5.84 Å². The highest BCUT2D eigenvalue weighted by atomic mass is 15.2. The summed E-state index contributed by atoms with van der Waals surface area (Å²) in [6, 6.07) is 6.95. The number of hydrogen-bond donors (Lipinski definition) is 2. The molecule has 3 N–H and O–H groups in total. The van der Waals surface area contributed by atoms with Gasteiger partial charge in [0, 0.05) is 6.04 Å². The minimum Gasteiger partial charge on any atom is -0.271 e. The van der Waals surface area contributed by atoms with Gasteiger partial charge in [0.1, 0.15) is 0 Å². The van der Waals surface area contributed by atoms with Crippen LogP contribution in [0.4, 0.5) is 0 Å². The first-order chi connectivity index (χ1) is 7.20. The SMILES string of the molecule is Cc1ccc(C(CC2CC2)NN)cc1C. The highest BCUT2D eigenvalue weighted by Gasteiger charge is 2.25. The Morgan fingerprint density at radius 3 is 2.60 bits per heavy atom. The number of nitrogens with two attached hydrogens (primary N) is 1. The van der Waals surface area contributed by atoms with Gasteiger partial charge in [0.25, 0.3) is 0 Å². The van der Waals surface area contributed by atoms with Crippen molar-refractivity contribution in [1.82, 2.24) is 5.43 Å². The van der Waals surface area contributed by atoms with Crippen LogP contribution in [0.15, 0.2) is 18.2 Å². The van der Waals surface area contributed by atoms with Gasteiger partial charge in [0.2, 0.25) is 0 Å². The second-order valence-electron chi connectivity index (χ2n) is 4.74. The molecular weight excluding hydrogens is 184 g/mol. The summed E-state index contributed by atoms with van der Waals surface area (Å²) in [5.41, 5.74) is 6.96. The minimum atomic E-state index is 0.330. The van der Waals surface area contributed by atoms with Crippen LogP contribution < -0.4 is 11.3 Å². The Hall–Kier alpha value is -0.860. The predicted octanol–water partition coefficient (Wildman–Crippen LogP) is 2.61. The molecular formula is C13H20N2. The lowest BCUT2D eigenvalue weighted by Crippen LogP contribution is -2.28. The fraction of sp³-hybridized carbons (Fsp3) is 0.538. The third-order valence-electron chi connectivity index (χ3n) is 3.40. The van der Waals surface area contributed by atoms with E-state index in [1.54, 1.807) is 0 Å². The second kappa shape index (κ2) is 4.33. The van der Waals surface area contributed by atoms with Crippen molar-refractivity contribution in [1.29, 1.82) is 0 Å². The molecule has 2 rings (SSSR count). The molecule has 1 aromatic carbocycles. The van der Waals surface area contributed by atoms with E-state index < -0.39 is 0 Å². The van der Waals surface area contributed by atoms with E-state index in [-0.39, 0.29) is 0 Å². The first-order valence-electron chi connectivity index (χ1n) is 5.74. The van der Waals surface area contributed by atoms with Crippen LogP contribution in [0.2, 0.25) is 0 Å². The summed E-state index contributed by atoms with van der Waals surface area (Å²) in [6.07, 6.45) is 3.94. The fourth-order valence-corrected chi connectivity index (χ4v) is 1.97. The molecule has 0 bridgehead atoms. The van der Waals surface area contributed by atoms with Crippen molar-refractivity contribution in [3.05, 3.63) is 34.9 Å². The number of benzene rings is 1. The summed E-state index contributed by atoms with van der Waals surface area (Å²) in [4.78, 5) is 0. The maximum Gasteiger partial charge on any atom is 0.0462 e. The third kappa shape index (κ3) is 2.58. The van der Waals surface area contributed by atoms with Crippen LogP contribution >= 0.6 is 0 Å². The van der Waals surface area contributed by atoms with Crippen molar-refractivity contribution < 1.29 is 0 Å². The highest BCUT2D eigenvalue weighted by Crippen LogP contribution is 2.37. The summed E-state index contributed by atoms with van der Waals surface area (Å²) in [5, 5.41) is 0. The van der Waals surface area contributed by atoms with Crippen molar-refractivity contribution in [2.24, 2.45) is 11.8 Å². The van der Waals surface area contributed by atoms with Crippen molar-refractivity contribution in [2.45, 2.75) is 39.2 Å². The Balaban J connectivity index is 2.13. The zero-order valence-corrected chi connectivity index (χ0v) is 9.59. The molecule has 1 aromatic rings. The third-order valence-corrected chi connectivity index (χ3v) is 3.40. The lowest BCUT2D eigenvalue weighted by Gasteiger charge is -2.17. The smallest absolute Gasteiger partial charge is 0.0462 e. The van der Waals surface area contributed by atoms with Crippen LogP contribution in [-0.4, -0.2) is 0 Å². The summed E-state index contributed by atoms with van der Waals surface area (Å²) in [7, 11) is 0. The molecule has 2 heteroatoms. The van der Waals surface area contributed by atoms with Crippen LogP contribution in [0.3, 0.4) is 0 Å². The first-order valence-corrected chi connectivity index (χ1v) is 5.74. The molecule has 82 valence electrons. The van der Waals surface area contributed by atoms with Gasteiger partial charge in [0.15, 0.2) is 0 Å². The first kappa shape index (κ1) is 10.7. The molecule has 0 spiro atoms. The van der Waals surface area contributed by atoms with Crippen molar-refractivity contribution >= 4 is 0 Å². The minimum absolute atomic E-state index is 0.330. The van der Waals surface area contributed by atoms with Gasteiger partial charge in [-0.25, -0.2) is 0 Å². The number of hydrogen-bond acceptors (Lipinski definition) is 2. The van der Waals surface area contributed by atoms with Crippen LogP contribution in [-0.2, 0) is 0 Å². The standard InChI is InChI=1S/C13H20N2/c1-9-3-6-12(7-10(9)2)13(15-14)8-11-4-5-11/h3,6-7,11,13,15H,4-5,8,14H2,1-2H3. The van der Waals surface area contributed by atoms with Crippen molar-refractivity contribution in [2.75, 3.05) is 0 Å². The molecule has 1 aliphatic carbocycles. The average molecular weight is 204 g/mol. The van der Waals surface area contributed by atoms with Crippen molar-refractivity contribution in [3.63, 3.8) is 0 Å². The van der Waals surface area contributed by atoms with Gasteiger partial charge in [-0.2, -0.15) is 0 Å². The van der Waals surface area contributed by atoms with Crippen molar-refractivity contribution in [3.8, 4) is 0 Å². The molecule has 1 atom stereocenters. The summed E-state index contributed by atoms with van der Waals surface area (Å²) in [5.74, 6) is 6.51. The number of aryl methyl sites for hydroxylation is 2. The average Bonchev–Trinajstić information content (AvgIpc) is 3.02. The van der Waals surface area contributed by atoms with E-state index in [1.807, 2.05) is 0 Å². The largest absolute Gasteiger partial charge is 0.271 e. The highest BCUT2D eigenvalue weighted by molar-refractivity contribution is 5.31. The second-order valence-corrected chi connectivity index (χ2v) is 4.74. The molecule has 1 saturated carbocycles. The summed E-state index contributed by atoms with van der Waals surface area (Å²) in [6.45, 7) is 4.30. The number of hydrazine groups is 1. The Morgan fingerprint density at radius 2 is 2.07 bits per heavy atom. The van der Waals surface area contributed by atoms with Gasteiger partial charge >= 0.3 is 0 Å². The fourth-order valence-electron chi connectivity index (χ4n) is 1.97. The maximum absolute atomic E-state index is 5.62. The quantitative estimate of drug-likeness (QED) is 0.584. The molecule has 15 heavy (non-hydrogen) atoms. The Bertz CT molecular complexity index is 342. The van der Waals surface area contributed by atoms with Gasteiger partial charge in [-0.3, -0.25) is 11.3 Å². The lowest BCUT2D eigenvalue weighted by molar-refractivity contribution is 0.487. The monoisotopic (exact) mass is 204 g/mol.